The van der Waals surface area contributed by atoms with E-state index in [0.29, 0.717) is 5.56 Å². The Hall–Kier alpha value is -2.36. The number of benzene rings is 1. The quantitative estimate of drug-likeness (QED) is 0.582. The van der Waals surface area contributed by atoms with E-state index in [1.54, 1.807) is 6.08 Å². The molecule has 0 fully saturated rings. The van der Waals surface area contributed by atoms with Gasteiger partial charge in [0.25, 0.3) is 0 Å². The summed E-state index contributed by atoms with van der Waals surface area (Å²) in [5, 5.41) is 10.4. The normalized spacial score (nSPS) is 10.8. The maximum absolute atomic E-state index is 10.4. The molecule has 0 saturated carbocycles. The molecule has 0 bridgehead atoms. The summed E-state index contributed by atoms with van der Waals surface area (Å²) in [5.74, 6) is -0.243. The van der Waals surface area contributed by atoms with Gasteiger partial charge in [0.15, 0.2) is 0 Å². The van der Waals surface area contributed by atoms with Crippen LogP contribution in [0.5, 0.6) is 0 Å². The summed E-state index contributed by atoms with van der Waals surface area (Å²) in [6.45, 7) is 0. The van der Waals surface area contributed by atoms with Crippen LogP contribution < -0.4 is 0 Å². The Morgan fingerprint density at radius 2 is 1.81 bits per heavy atom. The Morgan fingerprint density at radius 3 is 2.44 bits per heavy atom. The molecular formula is C12H9NO3. The molecule has 4 nitrogen and oxygen atoms in total. The van der Waals surface area contributed by atoms with Crippen molar-refractivity contribution in [3.63, 3.8) is 0 Å². The molecule has 1 aromatic carbocycles. The van der Waals surface area contributed by atoms with Crippen molar-refractivity contribution < 1.29 is 9.34 Å². The van der Waals surface area contributed by atoms with Crippen LogP contribution in [0, 0.1) is 10.1 Å². The fraction of sp³-hybridized carbons (Fsp3) is 0. The highest BCUT2D eigenvalue weighted by Gasteiger charge is 2.09. The predicted octanol–water partition coefficient (Wildman–Crippen LogP) is 3.36. The van der Waals surface area contributed by atoms with Gasteiger partial charge in [-0.15, -0.1) is 0 Å². The van der Waals surface area contributed by atoms with Gasteiger partial charge in [-0.25, -0.2) is 0 Å². The third-order valence-electron chi connectivity index (χ3n) is 2.05. The van der Waals surface area contributed by atoms with Gasteiger partial charge in [-0.05, 0) is 5.56 Å². The maximum atomic E-state index is 10.4. The summed E-state index contributed by atoms with van der Waals surface area (Å²) in [4.78, 5) is 9.82. The van der Waals surface area contributed by atoms with Crippen LogP contribution in [-0.2, 0) is 0 Å². The first-order valence-electron chi connectivity index (χ1n) is 4.72. The molecular weight excluding hydrogens is 206 g/mol. The number of hydrogen-bond donors (Lipinski definition) is 0. The number of hydrogen-bond acceptors (Lipinski definition) is 3. The molecule has 0 amide bonds. The lowest BCUT2D eigenvalue weighted by molar-refractivity contribution is -0.402. The Labute approximate surface area is 92.0 Å². The summed E-state index contributed by atoms with van der Waals surface area (Å²) >= 11 is 0. The summed E-state index contributed by atoms with van der Waals surface area (Å²) < 4.78 is 4.76. The first-order valence-corrected chi connectivity index (χ1v) is 4.72. The SMILES string of the molecule is O=[N+]([O-])c1cc(/C=C/c2ccccc2)co1. The topological polar surface area (TPSA) is 56.3 Å². The molecule has 80 valence electrons. The molecule has 4 heteroatoms. The lowest BCUT2D eigenvalue weighted by atomic mass is 10.2. The molecule has 0 saturated heterocycles. The van der Waals surface area contributed by atoms with Crippen LogP contribution in [0.4, 0.5) is 5.88 Å². The molecule has 16 heavy (non-hydrogen) atoms. The number of nitrogens with zero attached hydrogens (tertiary/aromatic N) is 1. The lowest BCUT2D eigenvalue weighted by Gasteiger charge is -1.89. The minimum Gasteiger partial charge on any atom is -0.409 e. The van der Waals surface area contributed by atoms with Crippen molar-refractivity contribution in [3.8, 4) is 0 Å². The smallest absolute Gasteiger partial charge is 0.409 e. The second-order valence-corrected chi connectivity index (χ2v) is 3.22. The van der Waals surface area contributed by atoms with E-state index in [4.69, 9.17) is 4.42 Å². The van der Waals surface area contributed by atoms with Gasteiger partial charge < -0.3 is 4.42 Å². The standard InChI is InChI=1S/C12H9NO3/c14-13(15)12-8-11(9-16-12)7-6-10-4-2-1-3-5-10/h1-9H/b7-6+. The van der Waals surface area contributed by atoms with Gasteiger partial charge in [0, 0.05) is 5.56 Å². The summed E-state index contributed by atoms with van der Waals surface area (Å²) in [6, 6.07) is 11.1. The highest BCUT2D eigenvalue weighted by molar-refractivity contribution is 5.69. The minimum atomic E-state index is -0.556. The monoisotopic (exact) mass is 215 g/mol. The van der Waals surface area contributed by atoms with Crippen molar-refractivity contribution in [3.05, 3.63) is 63.9 Å². The van der Waals surface area contributed by atoms with Gasteiger partial charge in [-0.2, -0.15) is 0 Å². The number of nitro groups is 1. The van der Waals surface area contributed by atoms with Crippen molar-refractivity contribution >= 4 is 18.0 Å². The van der Waals surface area contributed by atoms with E-state index in [1.807, 2.05) is 36.4 Å². The van der Waals surface area contributed by atoms with Gasteiger partial charge in [0.05, 0.1) is 6.07 Å². The summed E-state index contributed by atoms with van der Waals surface area (Å²) in [7, 11) is 0. The Kier molecular flexibility index (Phi) is 2.82. The lowest BCUT2D eigenvalue weighted by Crippen LogP contribution is -1.82. The number of rotatable bonds is 3. The Morgan fingerprint density at radius 1 is 1.12 bits per heavy atom. The van der Waals surface area contributed by atoms with Crippen LogP contribution in [0.2, 0.25) is 0 Å². The van der Waals surface area contributed by atoms with E-state index in [-0.39, 0.29) is 5.88 Å². The summed E-state index contributed by atoms with van der Waals surface area (Å²) in [6.07, 6.45) is 5.00. The van der Waals surface area contributed by atoms with Crippen LogP contribution >= 0.6 is 0 Å². The Bertz CT molecular complexity index is 514. The van der Waals surface area contributed by atoms with E-state index in [0.717, 1.165) is 5.56 Å². The molecule has 0 aliphatic heterocycles. The van der Waals surface area contributed by atoms with E-state index < -0.39 is 4.92 Å². The first kappa shape index (κ1) is 10.2. The molecule has 1 aromatic heterocycles. The van der Waals surface area contributed by atoms with Crippen LogP contribution in [0.25, 0.3) is 12.2 Å². The second kappa shape index (κ2) is 4.44. The van der Waals surface area contributed by atoms with E-state index >= 15 is 0 Å². The fourth-order valence-electron chi connectivity index (χ4n) is 1.28. The van der Waals surface area contributed by atoms with Crippen molar-refractivity contribution in [1.82, 2.24) is 0 Å². The number of furan rings is 1. The van der Waals surface area contributed by atoms with Crippen molar-refractivity contribution in [2.24, 2.45) is 0 Å². The zero-order chi connectivity index (χ0) is 11.4. The van der Waals surface area contributed by atoms with Gasteiger partial charge >= 0.3 is 5.88 Å². The van der Waals surface area contributed by atoms with Crippen molar-refractivity contribution in [2.75, 3.05) is 0 Å². The minimum absolute atomic E-state index is 0.243. The van der Waals surface area contributed by atoms with Crippen molar-refractivity contribution in [2.45, 2.75) is 0 Å². The molecule has 2 aromatic rings. The van der Waals surface area contributed by atoms with E-state index in [1.165, 1.54) is 12.3 Å². The molecule has 0 radical (unpaired) electrons. The predicted molar refractivity (Wildman–Crippen MR) is 60.7 cm³/mol. The molecule has 1 heterocycles. The molecule has 2 rings (SSSR count). The fourth-order valence-corrected chi connectivity index (χ4v) is 1.28. The van der Waals surface area contributed by atoms with Gasteiger partial charge in [-0.1, -0.05) is 42.5 Å². The van der Waals surface area contributed by atoms with Gasteiger partial charge in [-0.3, -0.25) is 10.1 Å². The highest BCUT2D eigenvalue weighted by Crippen LogP contribution is 2.17. The maximum Gasteiger partial charge on any atom is 0.433 e. The molecule has 0 aliphatic carbocycles. The van der Waals surface area contributed by atoms with Gasteiger partial charge in [0.2, 0.25) is 0 Å². The van der Waals surface area contributed by atoms with Gasteiger partial charge in [0.1, 0.15) is 11.2 Å². The zero-order valence-corrected chi connectivity index (χ0v) is 8.37. The second-order valence-electron chi connectivity index (χ2n) is 3.22. The molecule has 0 atom stereocenters. The third kappa shape index (κ3) is 2.36. The summed E-state index contributed by atoms with van der Waals surface area (Å²) in [5.41, 5.74) is 1.71. The molecule has 0 unspecified atom stereocenters. The molecule has 0 N–H and O–H groups in total. The molecule has 0 spiro atoms. The zero-order valence-electron chi connectivity index (χ0n) is 8.37. The van der Waals surface area contributed by atoms with Crippen LogP contribution in [0.3, 0.4) is 0 Å². The first-order chi connectivity index (χ1) is 7.75. The largest absolute Gasteiger partial charge is 0.433 e. The highest BCUT2D eigenvalue weighted by atomic mass is 16.6. The van der Waals surface area contributed by atoms with Crippen LogP contribution in [-0.4, -0.2) is 4.92 Å². The average Bonchev–Trinajstić information content (AvgIpc) is 2.76. The average molecular weight is 215 g/mol. The Balaban J connectivity index is 2.15. The van der Waals surface area contributed by atoms with Crippen LogP contribution in [0.1, 0.15) is 11.1 Å². The third-order valence-corrected chi connectivity index (χ3v) is 2.05. The van der Waals surface area contributed by atoms with Crippen LogP contribution in [0.15, 0.2) is 47.1 Å². The molecule has 0 aliphatic rings. The van der Waals surface area contributed by atoms with Crippen molar-refractivity contribution in [1.29, 1.82) is 0 Å². The van der Waals surface area contributed by atoms with E-state index in [9.17, 15) is 10.1 Å². The van der Waals surface area contributed by atoms with E-state index in [2.05, 4.69) is 0 Å².